The van der Waals surface area contributed by atoms with Crippen LogP contribution >= 0.6 is 12.6 Å². The third-order valence-electron chi connectivity index (χ3n) is 1.73. The molecule has 0 atom stereocenters. The molecular formula is C8H10OS. The van der Waals surface area contributed by atoms with Gasteiger partial charge in [-0.25, -0.2) is 0 Å². The molecule has 0 unspecified atom stereocenters. The Morgan fingerprint density at radius 2 is 1.80 bits per heavy atom. The number of hydrogen-bond donors (Lipinski definition) is 2. The summed E-state index contributed by atoms with van der Waals surface area (Å²) in [6, 6.07) is 3.45. The molecule has 54 valence electrons. The summed E-state index contributed by atoms with van der Waals surface area (Å²) in [5.74, 6) is 0.343. The summed E-state index contributed by atoms with van der Waals surface area (Å²) in [6.45, 7) is 3.82. The van der Waals surface area contributed by atoms with Gasteiger partial charge in [0, 0.05) is 4.90 Å². The van der Waals surface area contributed by atoms with Crippen molar-refractivity contribution in [2.75, 3.05) is 0 Å². The van der Waals surface area contributed by atoms with Crippen LogP contribution in [0.25, 0.3) is 0 Å². The monoisotopic (exact) mass is 154 g/mol. The van der Waals surface area contributed by atoms with E-state index in [4.69, 9.17) is 0 Å². The Bertz CT molecular complexity index is 229. The first-order chi connectivity index (χ1) is 4.63. The molecule has 0 aliphatic carbocycles. The number of hydrogen-bond acceptors (Lipinski definition) is 2. The van der Waals surface area contributed by atoms with E-state index < -0.39 is 0 Å². The van der Waals surface area contributed by atoms with Gasteiger partial charge in [0.2, 0.25) is 0 Å². The molecule has 10 heavy (non-hydrogen) atoms. The molecular weight excluding hydrogens is 144 g/mol. The lowest BCUT2D eigenvalue weighted by Gasteiger charge is -2.04. The zero-order valence-electron chi connectivity index (χ0n) is 6.05. The fourth-order valence-electron chi connectivity index (χ4n) is 0.792. The van der Waals surface area contributed by atoms with Crippen molar-refractivity contribution in [1.82, 2.24) is 0 Å². The molecule has 0 heterocycles. The molecule has 0 aliphatic rings. The summed E-state index contributed by atoms with van der Waals surface area (Å²) >= 11 is 4.20. The van der Waals surface area contributed by atoms with E-state index in [1.807, 2.05) is 13.8 Å². The van der Waals surface area contributed by atoms with Gasteiger partial charge in [0.15, 0.2) is 0 Å². The Balaban J connectivity index is 3.34. The first-order valence-electron chi connectivity index (χ1n) is 3.11. The Hall–Kier alpha value is -0.630. The van der Waals surface area contributed by atoms with Gasteiger partial charge in [0.1, 0.15) is 5.75 Å². The molecule has 0 aliphatic heterocycles. The average molecular weight is 154 g/mol. The van der Waals surface area contributed by atoms with Crippen molar-refractivity contribution in [3.8, 4) is 5.75 Å². The zero-order valence-corrected chi connectivity index (χ0v) is 6.94. The zero-order chi connectivity index (χ0) is 7.72. The number of phenolic OH excluding ortho intramolecular Hbond substituents is 1. The maximum absolute atomic E-state index is 9.19. The van der Waals surface area contributed by atoms with Gasteiger partial charge in [-0.05, 0) is 37.1 Å². The van der Waals surface area contributed by atoms with Crippen molar-refractivity contribution in [2.24, 2.45) is 0 Å². The minimum Gasteiger partial charge on any atom is -0.508 e. The van der Waals surface area contributed by atoms with E-state index in [1.54, 1.807) is 12.1 Å². The van der Waals surface area contributed by atoms with Gasteiger partial charge in [0.25, 0.3) is 0 Å². The second-order valence-corrected chi connectivity index (χ2v) is 2.84. The van der Waals surface area contributed by atoms with E-state index in [1.165, 1.54) is 0 Å². The van der Waals surface area contributed by atoms with E-state index >= 15 is 0 Å². The maximum Gasteiger partial charge on any atom is 0.118 e. The van der Waals surface area contributed by atoms with Crippen LogP contribution in [0.4, 0.5) is 0 Å². The summed E-state index contributed by atoms with van der Waals surface area (Å²) in [5.41, 5.74) is 1.95. The van der Waals surface area contributed by atoms with Gasteiger partial charge < -0.3 is 5.11 Å². The molecule has 1 aromatic carbocycles. The quantitative estimate of drug-likeness (QED) is 0.549. The molecule has 0 saturated carbocycles. The van der Waals surface area contributed by atoms with Crippen LogP contribution in [0.1, 0.15) is 11.1 Å². The molecule has 1 nitrogen and oxygen atoms in total. The van der Waals surface area contributed by atoms with Crippen LogP contribution in [-0.4, -0.2) is 5.11 Å². The van der Waals surface area contributed by atoms with E-state index in [-0.39, 0.29) is 0 Å². The van der Waals surface area contributed by atoms with Gasteiger partial charge in [-0.3, -0.25) is 0 Å². The maximum atomic E-state index is 9.19. The minimum atomic E-state index is 0.343. The van der Waals surface area contributed by atoms with Crippen LogP contribution < -0.4 is 0 Å². The molecule has 0 aromatic heterocycles. The van der Waals surface area contributed by atoms with Crippen LogP contribution in [0, 0.1) is 13.8 Å². The van der Waals surface area contributed by atoms with E-state index in [0.717, 1.165) is 16.0 Å². The van der Waals surface area contributed by atoms with Gasteiger partial charge in [-0.2, -0.15) is 0 Å². The number of phenols is 1. The molecule has 1 N–H and O–H groups in total. The minimum absolute atomic E-state index is 0.343. The molecule has 0 spiro atoms. The van der Waals surface area contributed by atoms with E-state index in [0.29, 0.717) is 5.75 Å². The van der Waals surface area contributed by atoms with Crippen LogP contribution in [0.3, 0.4) is 0 Å². The van der Waals surface area contributed by atoms with Gasteiger partial charge in [0.05, 0.1) is 0 Å². The van der Waals surface area contributed by atoms with Crippen LogP contribution in [0.2, 0.25) is 0 Å². The highest BCUT2D eigenvalue weighted by molar-refractivity contribution is 7.80. The van der Waals surface area contributed by atoms with Crippen molar-refractivity contribution in [3.05, 3.63) is 23.3 Å². The summed E-state index contributed by atoms with van der Waals surface area (Å²) in [5, 5.41) is 9.19. The second-order valence-electron chi connectivity index (χ2n) is 2.35. The second kappa shape index (κ2) is 2.54. The average Bonchev–Trinajstić information content (AvgIpc) is 1.93. The third kappa shape index (κ3) is 1.12. The van der Waals surface area contributed by atoms with Crippen LogP contribution in [0.15, 0.2) is 17.0 Å². The van der Waals surface area contributed by atoms with E-state index in [2.05, 4.69) is 12.6 Å². The molecule has 0 saturated heterocycles. The Kier molecular flexibility index (Phi) is 1.90. The number of benzene rings is 1. The molecule has 2 heteroatoms. The van der Waals surface area contributed by atoms with Gasteiger partial charge >= 0.3 is 0 Å². The van der Waals surface area contributed by atoms with Crippen molar-refractivity contribution in [1.29, 1.82) is 0 Å². The lowest BCUT2D eigenvalue weighted by Crippen LogP contribution is -1.82. The number of rotatable bonds is 0. The molecule has 1 rings (SSSR count). The SMILES string of the molecule is Cc1c(O)ccc(S)c1C. The normalized spacial score (nSPS) is 9.90. The largest absolute Gasteiger partial charge is 0.508 e. The van der Waals surface area contributed by atoms with Crippen molar-refractivity contribution < 1.29 is 5.11 Å². The number of aromatic hydroxyl groups is 1. The summed E-state index contributed by atoms with van der Waals surface area (Å²) in [6.07, 6.45) is 0. The lowest BCUT2D eigenvalue weighted by molar-refractivity contribution is 0.470. The predicted octanol–water partition coefficient (Wildman–Crippen LogP) is 2.30. The summed E-state index contributed by atoms with van der Waals surface area (Å²) in [7, 11) is 0. The Morgan fingerprint density at radius 3 is 2.30 bits per heavy atom. The molecule has 0 radical (unpaired) electrons. The lowest BCUT2D eigenvalue weighted by atomic mass is 10.1. The van der Waals surface area contributed by atoms with Crippen LogP contribution in [0.5, 0.6) is 5.75 Å². The van der Waals surface area contributed by atoms with E-state index in [9.17, 15) is 5.11 Å². The van der Waals surface area contributed by atoms with Crippen molar-refractivity contribution in [3.63, 3.8) is 0 Å². The van der Waals surface area contributed by atoms with Crippen molar-refractivity contribution >= 4 is 12.6 Å². The summed E-state index contributed by atoms with van der Waals surface area (Å²) < 4.78 is 0. The predicted molar refractivity (Wildman–Crippen MR) is 44.8 cm³/mol. The highest BCUT2D eigenvalue weighted by Gasteiger charge is 2.00. The highest BCUT2D eigenvalue weighted by atomic mass is 32.1. The fraction of sp³-hybridized carbons (Fsp3) is 0.250. The fourth-order valence-corrected chi connectivity index (χ4v) is 1.03. The topological polar surface area (TPSA) is 20.2 Å². The Labute approximate surface area is 66.1 Å². The Morgan fingerprint density at radius 1 is 1.20 bits per heavy atom. The molecule has 0 bridgehead atoms. The first kappa shape index (κ1) is 7.48. The van der Waals surface area contributed by atoms with Crippen LogP contribution in [-0.2, 0) is 0 Å². The van der Waals surface area contributed by atoms with Crippen molar-refractivity contribution in [2.45, 2.75) is 18.7 Å². The molecule has 0 amide bonds. The standard InChI is InChI=1S/C8H10OS/c1-5-6(2)8(10)4-3-7(5)9/h3-4,9-10H,1-2H3. The number of thiol groups is 1. The van der Waals surface area contributed by atoms with Gasteiger partial charge in [-0.15, -0.1) is 12.6 Å². The molecule has 1 aromatic rings. The third-order valence-corrected chi connectivity index (χ3v) is 2.21. The van der Waals surface area contributed by atoms with Gasteiger partial charge in [-0.1, -0.05) is 0 Å². The molecule has 0 fully saturated rings. The highest BCUT2D eigenvalue weighted by Crippen LogP contribution is 2.24. The smallest absolute Gasteiger partial charge is 0.118 e. The summed E-state index contributed by atoms with van der Waals surface area (Å²) in [4.78, 5) is 0.926. The first-order valence-corrected chi connectivity index (χ1v) is 3.56.